The summed E-state index contributed by atoms with van der Waals surface area (Å²) in [6, 6.07) is 21.7. The van der Waals surface area contributed by atoms with E-state index in [2.05, 4.69) is 34.6 Å². The second kappa shape index (κ2) is 11.0. The number of piperidine rings is 1. The molecule has 0 saturated carbocycles. The molecule has 0 atom stereocenters. The molecule has 2 heterocycles. The molecule has 0 aliphatic carbocycles. The first-order valence-corrected chi connectivity index (χ1v) is 15.0. The Hall–Kier alpha value is -2.29. The van der Waals surface area contributed by atoms with Crippen LogP contribution in [0.3, 0.4) is 0 Å². The van der Waals surface area contributed by atoms with E-state index in [9.17, 15) is 8.42 Å². The van der Waals surface area contributed by atoms with Crippen LogP contribution in [-0.2, 0) is 16.6 Å². The predicted molar refractivity (Wildman–Crippen MR) is 149 cm³/mol. The topological polar surface area (TPSA) is 62.3 Å². The number of nitrogens with one attached hydrogen (secondary N) is 1. The van der Waals surface area contributed by atoms with E-state index in [-0.39, 0.29) is 0 Å². The maximum absolute atomic E-state index is 13.2. The Morgan fingerprint density at radius 2 is 1.83 bits per heavy atom. The first-order chi connectivity index (χ1) is 17.4. The number of rotatable bonds is 8. The number of hydrogen-bond donors (Lipinski definition) is 1. The van der Waals surface area contributed by atoms with Gasteiger partial charge in [0, 0.05) is 30.2 Å². The van der Waals surface area contributed by atoms with Crippen LogP contribution in [0.2, 0.25) is 5.02 Å². The molecule has 4 aromatic rings. The van der Waals surface area contributed by atoms with Crippen LogP contribution in [0.4, 0.5) is 0 Å². The average molecular weight is 540 g/mol. The quantitative estimate of drug-likeness (QED) is 0.259. The highest BCUT2D eigenvalue weighted by atomic mass is 35.5. The molecule has 5 nitrogen and oxygen atoms in total. The normalized spacial score (nSPS) is 15.5. The number of fused-ring (bicyclic) bond motifs is 1. The molecule has 5 rings (SSSR count). The Labute approximate surface area is 222 Å². The summed E-state index contributed by atoms with van der Waals surface area (Å²) >= 11 is 8.07. The van der Waals surface area contributed by atoms with Crippen LogP contribution in [0.15, 0.2) is 71.6 Å². The molecule has 1 saturated heterocycles. The van der Waals surface area contributed by atoms with Crippen molar-refractivity contribution in [1.82, 2.24) is 14.6 Å². The van der Waals surface area contributed by atoms with Crippen molar-refractivity contribution >= 4 is 43.2 Å². The third kappa shape index (κ3) is 5.66. The second-order valence-corrected chi connectivity index (χ2v) is 12.9. The van der Waals surface area contributed by atoms with E-state index in [1.54, 1.807) is 16.4 Å². The molecule has 1 aromatic heterocycles. The molecule has 0 amide bonds. The van der Waals surface area contributed by atoms with Crippen LogP contribution in [0.1, 0.15) is 29.8 Å². The summed E-state index contributed by atoms with van der Waals surface area (Å²) in [5, 5.41) is 5.23. The summed E-state index contributed by atoms with van der Waals surface area (Å²) in [6.45, 7) is 4.75. The molecule has 36 heavy (non-hydrogen) atoms. The summed E-state index contributed by atoms with van der Waals surface area (Å²) in [5.74, 6) is 0.527. The van der Waals surface area contributed by atoms with E-state index in [0.29, 0.717) is 23.9 Å². The Morgan fingerprint density at radius 3 is 2.58 bits per heavy atom. The van der Waals surface area contributed by atoms with Gasteiger partial charge in [0.2, 0.25) is 10.0 Å². The molecule has 1 fully saturated rings. The lowest BCUT2D eigenvalue weighted by Crippen LogP contribution is -2.39. The molecule has 0 unspecified atom stereocenters. The Kier molecular flexibility index (Phi) is 7.74. The molecule has 188 valence electrons. The third-order valence-corrected chi connectivity index (χ3v) is 10.00. The van der Waals surface area contributed by atoms with Gasteiger partial charge in [-0.1, -0.05) is 54.1 Å². The fourth-order valence-corrected chi connectivity index (χ4v) is 7.58. The molecule has 1 aliphatic heterocycles. The number of aromatic nitrogens is 1. The zero-order valence-corrected chi connectivity index (χ0v) is 22.7. The number of benzene rings is 3. The van der Waals surface area contributed by atoms with Gasteiger partial charge >= 0.3 is 0 Å². The molecule has 0 spiro atoms. The minimum atomic E-state index is -3.47. The number of thiazole rings is 1. The molecule has 8 heteroatoms. The lowest BCUT2D eigenvalue weighted by atomic mass is 9.95. The highest BCUT2D eigenvalue weighted by molar-refractivity contribution is 7.89. The van der Waals surface area contributed by atoms with Gasteiger partial charge in [0.05, 0.1) is 20.1 Å². The minimum Gasteiger partial charge on any atom is -0.313 e. The van der Waals surface area contributed by atoms with Crippen molar-refractivity contribution in [3.05, 3.63) is 82.3 Å². The molecule has 3 aromatic carbocycles. The van der Waals surface area contributed by atoms with Crippen LogP contribution >= 0.6 is 22.9 Å². The molecule has 0 radical (unpaired) electrons. The van der Waals surface area contributed by atoms with Gasteiger partial charge in [0.15, 0.2) is 0 Å². The predicted octanol–water partition coefficient (Wildman–Crippen LogP) is 6.51. The van der Waals surface area contributed by atoms with Crippen LogP contribution in [0.5, 0.6) is 0 Å². The summed E-state index contributed by atoms with van der Waals surface area (Å²) in [5.41, 5.74) is 4.19. The molecule has 1 aliphatic rings. The second-order valence-electron chi connectivity index (χ2n) is 9.36. The molecular formula is C28H30ClN3O2S2. The fourth-order valence-electron chi connectivity index (χ4n) is 4.83. The Balaban J connectivity index is 1.09. The van der Waals surface area contributed by atoms with Crippen molar-refractivity contribution in [1.29, 1.82) is 0 Å². The van der Waals surface area contributed by atoms with Gasteiger partial charge in [-0.05, 0) is 74.0 Å². The van der Waals surface area contributed by atoms with Gasteiger partial charge in [-0.25, -0.2) is 13.4 Å². The molecule has 0 bridgehead atoms. The van der Waals surface area contributed by atoms with Crippen molar-refractivity contribution in [2.75, 3.05) is 19.6 Å². The van der Waals surface area contributed by atoms with Gasteiger partial charge in [0.1, 0.15) is 0 Å². The van der Waals surface area contributed by atoms with Crippen LogP contribution in [0, 0.1) is 12.8 Å². The largest absolute Gasteiger partial charge is 0.313 e. The highest BCUT2D eigenvalue weighted by Gasteiger charge is 2.29. The number of nitrogens with zero attached hydrogens (tertiary/aromatic N) is 2. The lowest BCUT2D eigenvalue weighted by molar-refractivity contribution is 0.262. The zero-order valence-electron chi connectivity index (χ0n) is 20.3. The zero-order chi connectivity index (χ0) is 25.1. The van der Waals surface area contributed by atoms with Gasteiger partial charge in [-0.3, -0.25) is 0 Å². The van der Waals surface area contributed by atoms with E-state index in [1.165, 1.54) is 11.3 Å². The fraction of sp³-hybridized carbons (Fsp3) is 0.321. The SMILES string of the molecule is Cc1nc2ccc(S(=O)(=O)N3CCC(CCNCc4ccc(-c5ccccc5)c(Cl)c4)CC3)cc2s1. The summed E-state index contributed by atoms with van der Waals surface area (Å²) < 4.78 is 28.9. The maximum atomic E-state index is 13.2. The van der Waals surface area contributed by atoms with Crippen LogP contribution in [-0.4, -0.2) is 37.3 Å². The number of hydrogen-bond acceptors (Lipinski definition) is 5. The number of halogens is 1. The summed E-state index contributed by atoms with van der Waals surface area (Å²) in [4.78, 5) is 4.80. The summed E-state index contributed by atoms with van der Waals surface area (Å²) in [6.07, 6.45) is 2.82. The molecular weight excluding hydrogens is 510 g/mol. The van der Waals surface area contributed by atoms with E-state index in [1.807, 2.05) is 37.3 Å². The first-order valence-electron chi connectivity index (χ1n) is 12.3. The smallest absolute Gasteiger partial charge is 0.243 e. The highest BCUT2D eigenvalue weighted by Crippen LogP contribution is 2.30. The average Bonchev–Trinajstić information content (AvgIpc) is 3.27. The van der Waals surface area contributed by atoms with E-state index in [0.717, 1.165) is 69.3 Å². The number of aryl methyl sites for hydroxylation is 1. The van der Waals surface area contributed by atoms with Crippen LogP contribution in [0.25, 0.3) is 21.3 Å². The minimum absolute atomic E-state index is 0.371. The van der Waals surface area contributed by atoms with Crippen molar-refractivity contribution in [2.24, 2.45) is 5.92 Å². The van der Waals surface area contributed by atoms with Crippen molar-refractivity contribution in [2.45, 2.75) is 37.6 Å². The first kappa shape index (κ1) is 25.4. The van der Waals surface area contributed by atoms with E-state index < -0.39 is 10.0 Å². The summed E-state index contributed by atoms with van der Waals surface area (Å²) in [7, 11) is -3.47. The van der Waals surface area contributed by atoms with Crippen molar-refractivity contribution in [3.8, 4) is 11.1 Å². The van der Waals surface area contributed by atoms with Gasteiger partial charge < -0.3 is 5.32 Å². The van der Waals surface area contributed by atoms with E-state index >= 15 is 0 Å². The third-order valence-electron chi connectivity index (χ3n) is 6.85. The lowest BCUT2D eigenvalue weighted by Gasteiger charge is -2.31. The monoisotopic (exact) mass is 539 g/mol. The Morgan fingerprint density at radius 1 is 1.06 bits per heavy atom. The maximum Gasteiger partial charge on any atom is 0.243 e. The Bertz CT molecular complexity index is 1450. The van der Waals surface area contributed by atoms with Gasteiger partial charge in [-0.2, -0.15) is 4.31 Å². The molecule has 1 N–H and O–H groups in total. The van der Waals surface area contributed by atoms with Crippen LogP contribution < -0.4 is 5.32 Å². The van der Waals surface area contributed by atoms with Crippen molar-refractivity contribution < 1.29 is 8.42 Å². The number of sulfonamides is 1. The van der Waals surface area contributed by atoms with Crippen molar-refractivity contribution in [3.63, 3.8) is 0 Å². The standard InChI is InChI=1S/C28H30ClN3O2S2/c1-20-31-27-10-8-24(18-28(27)35-20)36(33,34)32-15-12-21(13-16-32)11-14-30-19-22-7-9-25(26(29)17-22)23-5-3-2-4-6-23/h2-10,17-18,21,30H,11-16,19H2,1H3. The van der Waals surface area contributed by atoms with E-state index in [4.69, 9.17) is 11.6 Å². The van der Waals surface area contributed by atoms with Gasteiger partial charge in [-0.15, -0.1) is 11.3 Å². The van der Waals surface area contributed by atoms with Gasteiger partial charge in [0.25, 0.3) is 0 Å².